The van der Waals surface area contributed by atoms with Gasteiger partial charge in [0.05, 0.1) is 7.11 Å². The van der Waals surface area contributed by atoms with E-state index in [0.717, 1.165) is 11.1 Å². The Hall–Kier alpha value is -3.07. The molecule has 0 spiro atoms. The lowest BCUT2D eigenvalue weighted by molar-refractivity contribution is -0.124. The van der Waals surface area contributed by atoms with Gasteiger partial charge in [0, 0.05) is 0 Å². The van der Waals surface area contributed by atoms with Crippen molar-refractivity contribution in [2.45, 2.75) is 0 Å². The molecule has 0 radical (unpaired) electrons. The van der Waals surface area contributed by atoms with Crippen molar-refractivity contribution in [3.8, 4) is 0 Å². The number of rotatable bonds is 11. The Morgan fingerprint density at radius 2 is 1.00 bits per heavy atom. The van der Waals surface area contributed by atoms with E-state index in [2.05, 4.69) is 44.2 Å². The summed E-state index contributed by atoms with van der Waals surface area (Å²) < 4.78 is 9.49. The smallest absolute Gasteiger partial charge is 0.298 e. The van der Waals surface area contributed by atoms with Crippen molar-refractivity contribution < 1.29 is 14.3 Å². The van der Waals surface area contributed by atoms with E-state index in [0.29, 0.717) is 23.4 Å². The number of methoxy groups -OCH3 is 1. The van der Waals surface area contributed by atoms with E-state index in [-0.39, 0.29) is 5.76 Å². The van der Waals surface area contributed by atoms with E-state index in [1.165, 1.54) is 6.08 Å². The van der Waals surface area contributed by atoms with Crippen LogP contribution in [0.1, 0.15) is 0 Å². The summed E-state index contributed by atoms with van der Waals surface area (Å²) in [5, 5.41) is 0. The average Bonchev–Trinajstić information content (AvgIpc) is 2.54. The molecular weight excluding hydrogens is 288 g/mol. The first kappa shape index (κ1) is 19.9. The number of carbonyl (C=O) groups excluding carboxylic acids is 1. The van der Waals surface area contributed by atoms with Crippen molar-refractivity contribution in [3.63, 3.8) is 0 Å². The fourth-order valence-corrected chi connectivity index (χ4v) is 1.19. The number of allylic oxidation sites excluding steroid dienone is 10. The van der Waals surface area contributed by atoms with Gasteiger partial charge in [-0.15, -0.1) is 0 Å². The van der Waals surface area contributed by atoms with Gasteiger partial charge in [0.2, 0.25) is 0 Å². The summed E-state index contributed by atoms with van der Waals surface area (Å²) in [5.74, 6) is 0.753. The Morgan fingerprint density at radius 1 is 0.652 bits per heavy atom. The van der Waals surface area contributed by atoms with Gasteiger partial charge < -0.3 is 9.47 Å². The number of hydrogen-bond acceptors (Lipinski definition) is 3. The molecule has 0 aliphatic rings. The van der Waals surface area contributed by atoms with Crippen molar-refractivity contribution in [2.24, 2.45) is 0 Å². The Kier molecular flexibility index (Phi) is 9.21. The van der Waals surface area contributed by atoms with Crippen molar-refractivity contribution >= 4 is 6.47 Å². The van der Waals surface area contributed by atoms with Crippen LogP contribution in [0.5, 0.6) is 0 Å². The molecule has 0 bridgehead atoms. The molecule has 0 aliphatic carbocycles. The third kappa shape index (κ3) is 8.73. The normalized spacial score (nSPS) is 10.7. The molecular formula is C20H22O3. The predicted octanol–water partition coefficient (Wildman–Crippen LogP) is 4.73. The fourth-order valence-electron chi connectivity index (χ4n) is 1.19. The average molecular weight is 310 g/mol. The molecule has 120 valence electrons. The third-order valence-corrected chi connectivity index (χ3v) is 2.71. The molecule has 23 heavy (non-hydrogen) atoms. The summed E-state index contributed by atoms with van der Waals surface area (Å²) >= 11 is 0. The van der Waals surface area contributed by atoms with Gasteiger partial charge in [-0.05, 0) is 34.4 Å². The van der Waals surface area contributed by atoms with Gasteiger partial charge >= 0.3 is 0 Å². The van der Waals surface area contributed by atoms with Crippen LogP contribution in [0.4, 0.5) is 0 Å². The number of ether oxygens (including phenoxy) is 2. The monoisotopic (exact) mass is 310 g/mol. The van der Waals surface area contributed by atoms with Crippen LogP contribution < -0.4 is 0 Å². The molecule has 3 nitrogen and oxygen atoms in total. The zero-order valence-corrected chi connectivity index (χ0v) is 13.5. The van der Waals surface area contributed by atoms with Crippen LogP contribution in [0.2, 0.25) is 0 Å². The Morgan fingerprint density at radius 3 is 1.35 bits per heavy atom. The van der Waals surface area contributed by atoms with Gasteiger partial charge in [-0.2, -0.15) is 0 Å². The van der Waals surface area contributed by atoms with Crippen molar-refractivity contribution in [2.75, 3.05) is 7.11 Å². The van der Waals surface area contributed by atoms with Crippen LogP contribution in [0.3, 0.4) is 0 Å². The molecule has 0 amide bonds. The lowest BCUT2D eigenvalue weighted by Crippen LogP contribution is -1.85. The topological polar surface area (TPSA) is 35.5 Å². The molecule has 0 heterocycles. The van der Waals surface area contributed by atoms with Gasteiger partial charge in [-0.3, -0.25) is 4.79 Å². The Labute approximate surface area is 138 Å². The van der Waals surface area contributed by atoms with Gasteiger partial charge in [0.25, 0.3) is 6.47 Å². The zero-order valence-electron chi connectivity index (χ0n) is 13.5. The van der Waals surface area contributed by atoms with E-state index in [9.17, 15) is 4.79 Å². The van der Waals surface area contributed by atoms with Gasteiger partial charge in [0.1, 0.15) is 11.5 Å². The zero-order chi connectivity index (χ0) is 17.8. The molecule has 0 rings (SSSR count). The van der Waals surface area contributed by atoms with Crippen molar-refractivity contribution in [3.05, 3.63) is 110 Å². The highest BCUT2D eigenvalue weighted by Gasteiger charge is 1.96. The first-order chi connectivity index (χ1) is 10.8. The van der Waals surface area contributed by atoms with E-state index in [1.54, 1.807) is 37.5 Å². The second kappa shape index (κ2) is 10.6. The lowest BCUT2D eigenvalue weighted by Gasteiger charge is -2.02. The van der Waals surface area contributed by atoms with Gasteiger partial charge in [-0.1, -0.05) is 63.8 Å². The maximum atomic E-state index is 10.1. The summed E-state index contributed by atoms with van der Waals surface area (Å²) in [6.07, 6.45) is 10.2. The fraction of sp³-hybridized carbons (Fsp3) is 0.0500. The van der Waals surface area contributed by atoms with E-state index >= 15 is 0 Å². The lowest BCUT2D eigenvalue weighted by atomic mass is 10.0. The molecule has 0 N–H and O–H groups in total. The molecule has 0 aliphatic heterocycles. The highest BCUT2D eigenvalue weighted by atomic mass is 16.5. The standard InChI is InChI=1S/C20H22O3/c1-15(17(3)10-12-19(5)22-7)8-9-16(2)18(4)11-13-20(6)23-14-21/h8-14H,1-6H2,7H3/b9-8-,12-10-,13-11-. The highest BCUT2D eigenvalue weighted by Crippen LogP contribution is 2.14. The minimum atomic E-state index is 0.222. The minimum Gasteiger partial charge on any atom is -0.497 e. The van der Waals surface area contributed by atoms with Gasteiger partial charge in [0.15, 0.2) is 0 Å². The summed E-state index contributed by atoms with van der Waals surface area (Å²) in [4.78, 5) is 10.1. The Balaban J connectivity index is 4.64. The quantitative estimate of drug-likeness (QED) is 0.314. The second-order valence-corrected chi connectivity index (χ2v) is 4.45. The second-order valence-electron chi connectivity index (χ2n) is 4.45. The predicted molar refractivity (Wildman–Crippen MR) is 96.4 cm³/mol. The summed E-state index contributed by atoms with van der Waals surface area (Å²) in [7, 11) is 1.54. The minimum absolute atomic E-state index is 0.222. The molecule has 0 fully saturated rings. The molecule has 0 aromatic heterocycles. The number of hydrogen-bond donors (Lipinski definition) is 0. The van der Waals surface area contributed by atoms with Crippen LogP contribution in [-0.4, -0.2) is 13.6 Å². The van der Waals surface area contributed by atoms with Crippen molar-refractivity contribution in [1.29, 1.82) is 0 Å². The highest BCUT2D eigenvalue weighted by molar-refractivity contribution is 5.50. The van der Waals surface area contributed by atoms with Gasteiger partial charge in [-0.25, -0.2) is 0 Å². The SMILES string of the molecule is C=C(/C=C\C(=C)C(=C)/C=C\C(=C)C(=C)/C=C\C(=C)OC=O)OC. The third-order valence-electron chi connectivity index (χ3n) is 2.71. The Bertz CT molecular complexity index is 625. The molecule has 0 saturated carbocycles. The van der Waals surface area contributed by atoms with E-state index in [4.69, 9.17) is 4.74 Å². The molecule has 3 heteroatoms. The first-order valence-electron chi connectivity index (χ1n) is 6.64. The van der Waals surface area contributed by atoms with Crippen LogP contribution in [0.15, 0.2) is 110 Å². The molecule has 0 aromatic rings. The maximum Gasteiger partial charge on any atom is 0.298 e. The molecule has 0 atom stereocenters. The molecule has 0 aromatic carbocycles. The van der Waals surface area contributed by atoms with E-state index < -0.39 is 0 Å². The maximum absolute atomic E-state index is 10.1. The van der Waals surface area contributed by atoms with Crippen LogP contribution >= 0.6 is 0 Å². The van der Waals surface area contributed by atoms with Crippen LogP contribution in [0, 0.1) is 0 Å². The van der Waals surface area contributed by atoms with Crippen LogP contribution in [-0.2, 0) is 14.3 Å². The molecule has 0 saturated heterocycles. The first-order valence-corrected chi connectivity index (χ1v) is 6.64. The number of carbonyl (C=O) groups is 1. The molecule has 0 unspecified atom stereocenters. The summed E-state index contributed by atoms with van der Waals surface area (Å²) in [5.41, 5.74) is 2.77. The van der Waals surface area contributed by atoms with E-state index in [1.807, 2.05) is 0 Å². The summed E-state index contributed by atoms with van der Waals surface area (Å²) in [6, 6.07) is 0. The summed E-state index contributed by atoms with van der Waals surface area (Å²) in [6.45, 7) is 23.1. The van der Waals surface area contributed by atoms with Crippen LogP contribution in [0.25, 0.3) is 0 Å². The van der Waals surface area contributed by atoms with Crippen molar-refractivity contribution in [1.82, 2.24) is 0 Å². The largest absolute Gasteiger partial charge is 0.497 e.